The highest BCUT2D eigenvalue weighted by Crippen LogP contribution is 2.33. The Morgan fingerprint density at radius 2 is 1.82 bits per heavy atom. The van der Waals surface area contributed by atoms with Crippen LogP contribution in [0.1, 0.15) is 25.3 Å². The molecule has 1 rings (SSSR count). The molecule has 1 aromatic carbocycles. The second-order valence-corrected chi connectivity index (χ2v) is 4.26. The smallest absolute Gasteiger partial charge is 0.162 e. The van der Waals surface area contributed by atoms with E-state index in [-0.39, 0.29) is 5.78 Å². The van der Waals surface area contributed by atoms with Crippen LogP contribution < -0.4 is 9.47 Å². The Bertz CT molecular complexity index is 402. The highest BCUT2D eigenvalue weighted by molar-refractivity contribution is 6.31. The number of aryl methyl sites for hydroxylation is 1. The zero-order chi connectivity index (χ0) is 12.8. The first-order chi connectivity index (χ1) is 8.08. The van der Waals surface area contributed by atoms with Crippen LogP contribution in [-0.2, 0) is 11.2 Å². The number of carbonyl (C=O) groups excluding carboxylic acids is 1. The van der Waals surface area contributed by atoms with Gasteiger partial charge in [-0.25, -0.2) is 0 Å². The highest BCUT2D eigenvalue weighted by Gasteiger charge is 2.09. The molecule has 0 saturated heterocycles. The van der Waals surface area contributed by atoms with Crippen molar-refractivity contribution < 1.29 is 14.3 Å². The molecule has 0 aromatic heterocycles. The van der Waals surface area contributed by atoms with Gasteiger partial charge in [0.1, 0.15) is 5.78 Å². The maximum atomic E-state index is 10.9. The van der Waals surface area contributed by atoms with E-state index in [0.717, 1.165) is 18.4 Å². The number of Topliss-reactive ketones (excluding diaryl/α,β-unsaturated/α-hetero) is 1. The van der Waals surface area contributed by atoms with Crippen molar-refractivity contribution in [1.29, 1.82) is 0 Å². The van der Waals surface area contributed by atoms with Gasteiger partial charge in [0.2, 0.25) is 0 Å². The summed E-state index contributed by atoms with van der Waals surface area (Å²) in [5, 5.41) is 0.645. The van der Waals surface area contributed by atoms with Crippen LogP contribution in [-0.4, -0.2) is 20.0 Å². The molecule has 17 heavy (non-hydrogen) atoms. The minimum atomic E-state index is 0.196. The van der Waals surface area contributed by atoms with Gasteiger partial charge in [0.25, 0.3) is 0 Å². The van der Waals surface area contributed by atoms with Gasteiger partial charge in [0, 0.05) is 17.5 Å². The predicted molar refractivity (Wildman–Crippen MR) is 68.2 cm³/mol. The lowest BCUT2D eigenvalue weighted by Gasteiger charge is -2.11. The summed E-state index contributed by atoms with van der Waals surface area (Å²) >= 11 is 6.13. The molecule has 94 valence electrons. The number of rotatable bonds is 6. The molecule has 4 heteroatoms. The van der Waals surface area contributed by atoms with Gasteiger partial charge in [-0.15, -0.1) is 0 Å². The molecule has 0 amide bonds. The van der Waals surface area contributed by atoms with Crippen LogP contribution >= 0.6 is 11.6 Å². The van der Waals surface area contributed by atoms with E-state index < -0.39 is 0 Å². The summed E-state index contributed by atoms with van der Waals surface area (Å²) in [6.45, 7) is 1.59. The average Bonchev–Trinajstić information content (AvgIpc) is 2.30. The van der Waals surface area contributed by atoms with Crippen molar-refractivity contribution in [3.63, 3.8) is 0 Å². The first-order valence-electron chi connectivity index (χ1n) is 5.48. The number of methoxy groups -OCH3 is 2. The van der Waals surface area contributed by atoms with Crippen LogP contribution in [0.5, 0.6) is 11.5 Å². The lowest BCUT2D eigenvalue weighted by molar-refractivity contribution is -0.117. The summed E-state index contributed by atoms with van der Waals surface area (Å²) in [6.07, 6.45) is 2.13. The topological polar surface area (TPSA) is 35.5 Å². The summed E-state index contributed by atoms with van der Waals surface area (Å²) in [5.41, 5.74) is 0.977. The van der Waals surface area contributed by atoms with Crippen molar-refractivity contribution in [3.8, 4) is 11.5 Å². The van der Waals surface area contributed by atoms with E-state index in [2.05, 4.69) is 0 Å². The van der Waals surface area contributed by atoms with E-state index in [0.29, 0.717) is 22.9 Å². The van der Waals surface area contributed by atoms with Gasteiger partial charge in [0.05, 0.1) is 14.2 Å². The molecular formula is C13H17ClO3. The van der Waals surface area contributed by atoms with Gasteiger partial charge in [-0.05, 0) is 31.4 Å². The Balaban J connectivity index is 2.81. The second kappa shape index (κ2) is 6.50. The van der Waals surface area contributed by atoms with Gasteiger partial charge in [0.15, 0.2) is 11.5 Å². The Kier molecular flexibility index (Phi) is 5.29. The Labute approximate surface area is 107 Å². The van der Waals surface area contributed by atoms with Crippen LogP contribution in [0.2, 0.25) is 5.02 Å². The molecule has 0 heterocycles. The largest absolute Gasteiger partial charge is 0.493 e. The monoisotopic (exact) mass is 256 g/mol. The van der Waals surface area contributed by atoms with Gasteiger partial charge in [-0.2, -0.15) is 0 Å². The Hall–Kier alpha value is -1.22. The van der Waals surface area contributed by atoms with Crippen LogP contribution in [0.25, 0.3) is 0 Å². The maximum absolute atomic E-state index is 10.9. The van der Waals surface area contributed by atoms with Crippen molar-refractivity contribution in [2.45, 2.75) is 26.2 Å². The fraction of sp³-hybridized carbons (Fsp3) is 0.462. The van der Waals surface area contributed by atoms with Crippen LogP contribution in [0.15, 0.2) is 12.1 Å². The number of carbonyl (C=O) groups is 1. The predicted octanol–water partition coefficient (Wildman–Crippen LogP) is 3.27. The standard InChI is InChI=1S/C13H17ClO3/c1-9(15)5-4-6-10-7-12(16-2)13(17-3)8-11(10)14/h7-8H,4-6H2,1-3H3. The lowest BCUT2D eigenvalue weighted by Crippen LogP contribution is -1.96. The average molecular weight is 257 g/mol. The van der Waals surface area contributed by atoms with E-state index >= 15 is 0 Å². The molecule has 0 aliphatic carbocycles. The molecule has 0 unspecified atom stereocenters. The normalized spacial score (nSPS) is 10.1. The van der Waals surface area contributed by atoms with Crippen molar-refractivity contribution in [1.82, 2.24) is 0 Å². The first kappa shape index (κ1) is 13.8. The zero-order valence-electron chi connectivity index (χ0n) is 10.4. The van der Waals surface area contributed by atoms with E-state index in [9.17, 15) is 4.79 Å². The van der Waals surface area contributed by atoms with Crippen molar-refractivity contribution in [2.24, 2.45) is 0 Å². The number of hydrogen-bond donors (Lipinski definition) is 0. The summed E-state index contributed by atoms with van der Waals surface area (Å²) < 4.78 is 10.4. The highest BCUT2D eigenvalue weighted by atomic mass is 35.5. The molecule has 0 saturated carbocycles. The molecule has 0 N–H and O–H groups in total. The molecule has 1 aromatic rings. The van der Waals surface area contributed by atoms with Gasteiger partial charge in [-0.1, -0.05) is 11.6 Å². The fourth-order valence-corrected chi connectivity index (χ4v) is 1.86. The van der Waals surface area contributed by atoms with E-state index in [1.807, 2.05) is 6.07 Å². The maximum Gasteiger partial charge on any atom is 0.162 e. The molecule has 0 atom stereocenters. The number of benzene rings is 1. The Morgan fingerprint density at radius 3 is 2.35 bits per heavy atom. The molecule has 0 spiro atoms. The number of ether oxygens (including phenoxy) is 2. The Morgan fingerprint density at radius 1 is 1.24 bits per heavy atom. The van der Waals surface area contributed by atoms with Gasteiger partial charge in [-0.3, -0.25) is 0 Å². The molecule has 0 bridgehead atoms. The molecule has 0 aliphatic heterocycles. The molecular weight excluding hydrogens is 240 g/mol. The molecule has 0 aliphatic rings. The van der Waals surface area contributed by atoms with Crippen LogP contribution in [0.3, 0.4) is 0 Å². The third-order valence-electron chi connectivity index (χ3n) is 2.53. The first-order valence-corrected chi connectivity index (χ1v) is 5.86. The van der Waals surface area contributed by atoms with Crippen molar-refractivity contribution >= 4 is 17.4 Å². The third kappa shape index (κ3) is 3.93. The number of ketones is 1. The molecule has 3 nitrogen and oxygen atoms in total. The van der Waals surface area contributed by atoms with Crippen molar-refractivity contribution in [3.05, 3.63) is 22.7 Å². The third-order valence-corrected chi connectivity index (χ3v) is 2.88. The summed E-state index contributed by atoms with van der Waals surface area (Å²) in [6, 6.07) is 3.60. The van der Waals surface area contributed by atoms with Gasteiger partial charge >= 0.3 is 0 Å². The fourth-order valence-electron chi connectivity index (χ4n) is 1.62. The molecule has 0 radical (unpaired) electrons. The molecule has 0 fully saturated rings. The summed E-state index contributed by atoms with van der Waals surface area (Å²) in [7, 11) is 3.16. The van der Waals surface area contributed by atoms with E-state index in [1.165, 1.54) is 0 Å². The second-order valence-electron chi connectivity index (χ2n) is 3.85. The minimum Gasteiger partial charge on any atom is -0.493 e. The van der Waals surface area contributed by atoms with Gasteiger partial charge < -0.3 is 14.3 Å². The van der Waals surface area contributed by atoms with Crippen LogP contribution in [0, 0.1) is 0 Å². The van der Waals surface area contributed by atoms with Crippen LogP contribution in [0.4, 0.5) is 0 Å². The summed E-state index contributed by atoms with van der Waals surface area (Å²) in [4.78, 5) is 10.9. The summed E-state index contributed by atoms with van der Waals surface area (Å²) in [5.74, 6) is 1.48. The SMILES string of the molecule is COc1cc(Cl)c(CCCC(C)=O)cc1OC. The minimum absolute atomic E-state index is 0.196. The lowest BCUT2D eigenvalue weighted by atomic mass is 10.1. The van der Waals surface area contributed by atoms with E-state index in [4.69, 9.17) is 21.1 Å². The van der Waals surface area contributed by atoms with Crippen molar-refractivity contribution in [2.75, 3.05) is 14.2 Å². The zero-order valence-corrected chi connectivity index (χ0v) is 11.1. The number of halogens is 1. The quantitative estimate of drug-likeness (QED) is 0.784. The number of hydrogen-bond acceptors (Lipinski definition) is 3. The van der Waals surface area contributed by atoms with E-state index in [1.54, 1.807) is 27.2 Å².